The van der Waals surface area contributed by atoms with Crippen molar-refractivity contribution in [1.29, 1.82) is 0 Å². The number of likely N-dealkylation sites (N-methyl/N-ethyl adjacent to an activating group) is 1. The number of rotatable bonds is 11. The Hall–Kier alpha value is -3.12. The fraction of sp³-hybridized carbons (Fsp3) is 0.429. The van der Waals surface area contributed by atoms with Crippen molar-refractivity contribution in [3.63, 3.8) is 0 Å². The second-order valence-corrected chi connectivity index (χ2v) is 12.6. The molecule has 2 aromatic carbocycles. The zero-order valence-electron chi connectivity index (χ0n) is 22.9. The number of benzene rings is 2. The smallest absolute Gasteiger partial charge is 0.242 e. The molecule has 2 aliphatic rings. The summed E-state index contributed by atoms with van der Waals surface area (Å²) < 4.78 is 41.1. The van der Waals surface area contributed by atoms with Crippen molar-refractivity contribution in [1.82, 2.24) is 19.6 Å². The first kappa shape index (κ1) is 28.4. The Labute approximate surface area is 240 Å². The molecular formula is C28H35ClN6O4S. The number of anilines is 4. The number of nitrogens with zero attached hydrogens (tertiary/aromatic N) is 3. The summed E-state index contributed by atoms with van der Waals surface area (Å²) in [6.45, 7) is 5.80. The fourth-order valence-corrected chi connectivity index (χ4v) is 6.20. The van der Waals surface area contributed by atoms with Crippen LogP contribution in [-0.4, -0.2) is 61.7 Å². The van der Waals surface area contributed by atoms with Crippen LogP contribution in [0.4, 0.5) is 23.1 Å². The van der Waals surface area contributed by atoms with E-state index in [1.807, 2.05) is 32.0 Å². The zero-order valence-corrected chi connectivity index (χ0v) is 24.4. The van der Waals surface area contributed by atoms with Crippen LogP contribution in [0.3, 0.4) is 0 Å². The molecular weight excluding hydrogens is 552 g/mol. The molecule has 0 spiro atoms. The van der Waals surface area contributed by atoms with E-state index in [9.17, 15) is 8.42 Å². The highest BCUT2D eigenvalue weighted by Crippen LogP contribution is 2.34. The number of halogens is 1. The van der Waals surface area contributed by atoms with Gasteiger partial charge in [-0.1, -0.05) is 30.2 Å². The van der Waals surface area contributed by atoms with E-state index in [0.717, 1.165) is 44.5 Å². The molecule has 1 saturated carbocycles. The van der Waals surface area contributed by atoms with Gasteiger partial charge in [0.05, 0.1) is 23.7 Å². The molecule has 1 aromatic heterocycles. The zero-order chi connectivity index (χ0) is 28.3. The van der Waals surface area contributed by atoms with E-state index >= 15 is 0 Å². The van der Waals surface area contributed by atoms with Gasteiger partial charge in [0.25, 0.3) is 0 Å². The molecule has 12 heteroatoms. The summed E-state index contributed by atoms with van der Waals surface area (Å²) >= 11 is 6.42. The summed E-state index contributed by atoms with van der Waals surface area (Å²) in [5.41, 5.74) is 1.02. The van der Waals surface area contributed by atoms with E-state index in [2.05, 4.69) is 37.3 Å². The third-order valence-corrected chi connectivity index (χ3v) is 8.67. The quantitative estimate of drug-likeness (QED) is 0.274. The fourth-order valence-electron chi connectivity index (χ4n) is 4.59. The molecule has 3 aromatic rings. The van der Waals surface area contributed by atoms with Crippen LogP contribution in [0.15, 0.2) is 53.6 Å². The number of sulfonamides is 1. The van der Waals surface area contributed by atoms with E-state index in [1.165, 1.54) is 6.20 Å². The van der Waals surface area contributed by atoms with Gasteiger partial charge < -0.3 is 25.0 Å². The highest BCUT2D eigenvalue weighted by molar-refractivity contribution is 7.89. The number of likely N-dealkylation sites (tertiary alicyclic amines) is 1. The van der Waals surface area contributed by atoms with Crippen molar-refractivity contribution in [2.75, 3.05) is 30.8 Å². The van der Waals surface area contributed by atoms with E-state index in [4.69, 9.17) is 21.1 Å². The van der Waals surface area contributed by atoms with Gasteiger partial charge in [-0.25, -0.2) is 18.1 Å². The van der Waals surface area contributed by atoms with E-state index in [-0.39, 0.29) is 39.9 Å². The lowest BCUT2D eigenvalue weighted by molar-refractivity contribution is 0.204. The third kappa shape index (κ3) is 6.95. The molecule has 40 heavy (non-hydrogen) atoms. The molecule has 1 aliphatic heterocycles. The van der Waals surface area contributed by atoms with Gasteiger partial charge in [-0.3, -0.25) is 0 Å². The highest BCUT2D eigenvalue weighted by atomic mass is 35.5. The average Bonchev–Trinajstić information content (AvgIpc) is 3.29. The molecule has 0 amide bonds. The lowest BCUT2D eigenvalue weighted by atomic mass is 9.94. The molecule has 1 saturated heterocycles. The van der Waals surface area contributed by atoms with E-state index in [0.29, 0.717) is 17.1 Å². The van der Waals surface area contributed by atoms with Crippen LogP contribution in [0.2, 0.25) is 5.02 Å². The average molecular weight is 587 g/mol. The number of hydrogen-bond acceptors (Lipinski definition) is 9. The van der Waals surface area contributed by atoms with Crippen LogP contribution < -0.4 is 24.8 Å². The van der Waals surface area contributed by atoms with Gasteiger partial charge in [0.15, 0.2) is 5.82 Å². The Morgan fingerprint density at radius 1 is 1.07 bits per heavy atom. The molecule has 0 bridgehead atoms. The van der Waals surface area contributed by atoms with Crippen molar-refractivity contribution >= 4 is 44.8 Å². The van der Waals surface area contributed by atoms with Gasteiger partial charge in [-0.2, -0.15) is 4.98 Å². The standard InChI is InChI=1S/C28H35ClN6O4S/c1-18(2)38-25-15-20(39-21-13-14-35(3)17-21)11-12-23(25)32-28-30-16-22(29)27(33-28)31-24-9-4-5-10-26(24)40(36,37)34-19-7-6-8-19/h4-5,9-12,15-16,18-19,21,34H,6-8,13-14,17H2,1-3H3,(H2,30,31,32,33)/t21-/m1/s1. The molecule has 3 N–H and O–H groups in total. The van der Waals surface area contributed by atoms with Crippen molar-refractivity contribution < 1.29 is 17.9 Å². The normalized spacial score (nSPS) is 18.0. The Morgan fingerprint density at radius 2 is 1.88 bits per heavy atom. The largest absolute Gasteiger partial charge is 0.489 e. The van der Waals surface area contributed by atoms with E-state index < -0.39 is 10.0 Å². The van der Waals surface area contributed by atoms with Gasteiger partial charge in [-0.15, -0.1) is 0 Å². The summed E-state index contributed by atoms with van der Waals surface area (Å²) in [6.07, 6.45) is 5.22. The predicted octanol–water partition coefficient (Wildman–Crippen LogP) is 5.32. The maximum Gasteiger partial charge on any atom is 0.242 e. The molecule has 2 fully saturated rings. The molecule has 1 aliphatic carbocycles. The van der Waals surface area contributed by atoms with Gasteiger partial charge in [0.1, 0.15) is 27.5 Å². The number of aromatic nitrogens is 2. The SMILES string of the molecule is CC(C)Oc1cc(O[C@@H]2CCN(C)C2)ccc1Nc1ncc(Cl)c(Nc2ccccc2S(=O)(=O)NC2CCC2)n1. The second-order valence-electron chi connectivity index (χ2n) is 10.5. The highest BCUT2D eigenvalue weighted by Gasteiger charge is 2.27. The Balaban J connectivity index is 1.36. The number of hydrogen-bond donors (Lipinski definition) is 3. The summed E-state index contributed by atoms with van der Waals surface area (Å²) in [5.74, 6) is 1.86. The molecule has 0 unspecified atom stereocenters. The Morgan fingerprint density at radius 3 is 2.58 bits per heavy atom. The molecule has 214 valence electrons. The van der Waals surface area contributed by atoms with Gasteiger partial charge in [0, 0.05) is 25.2 Å². The molecule has 1 atom stereocenters. The minimum Gasteiger partial charge on any atom is -0.489 e. The van der Waals surface area contributed by atoms with Crippen LogP contribution >= 0.6 is 11.6 Å². The second kappa shape index (κ2) is 12.2. The van der Waals surface area contributed by atoms with Gasteiger partial charge in [-0.05, 0) is 64.4 Å². The molecule has 10 nitrogen and oxygen atoms in total. The summed E-state index contributed by atoms with van der Waals surface area (Å²) in [6, 6.07) is 12.3. The number of ether oxygens (including phenoxy) is 2. The lowest BCUT2D eigenvalue weighted by Gasteiger charge is -2.26. The molecule has 5 rings (SSSR count). The third-order valence-electron chi connectivity index (χ3n) is 6.81. The van der Waals surface area contributed by atoms with Crippen LogP contribution in [0.5, 0.6) is 11.5 Å². The summed E-state index contributed by atoms with van der Waals surface area (Å²) in [7, 11) is -1.64. The minimum atomic E-state index is -3.72. The minimum absolute atomic E-state index is 0.0324. The van der Waals surface area contributed by atoms with Crippen molar-refractivity contribution in [2.45, 2.75) is 62.7 Å². The van der Waals surface area contributed by atoms with Gasteiger partial charge >= 0.3 is 0 Å². The first-order valence-electron chi connectivity index (χ1n) is 13.5. The van der Waals surface area contributed by atoms with E-state index in [1.54, 1.807) is 24.3 Å². The first-order valence-corrected chi connectivity index (χ1v) is 15.4. The topological polar surface area (TPSA) is 118 Å². The van der Waals surface area contributed by atoms with Crippen molar-refractivity contribution in [3.05, 3.63) is 53.7 Å². The van der Waals surface area contributed by atoms with Crippen LogP contribution in [0.25, 0.3) is 0 Å². The monoisotopic (exact) mass is 586 g/mol. The van der Waals surface area contributed by atoms with Gasteiger partial charge in [0.2, 0.25) is 16.0 Å². The Bertz CT molecular complexity index is 1450. The first-order chi connectivity index (χ1) is 19.2. The lowest BCUT2D eigenvalue weighted by Crippen LogP contribution is -2.39. The van der Waals surface area contributed by atoms with Crippen molar-refractivity contribution in [2.24, 2.45) is 0 Å². The molecule has 0 radical (unpaired) electrons. The summed E-state index contributed by atoms with van der Waals surface area (Å²) in [5, 5.41) is 6.53. The van der Waals surface area contributed by atoms with Crippen LogP contribution in [0, 0.1) is 0 Å². The maximum absolute atomic E-state index is 13.1. The number of para-hydroxylation sites is 1. The molecule has 2 heterocycles. The van der Waals surface area contributed by atoms with Crippen LogP contribution in [0.1, 0.15) is 39.5 Å². The maximum atomic E-state index is 13.1. The predicted molar refractivity (Wildman–Crippen MR) is 157 cm³/mol. The van der Waals surface area contributed by atoms with Crippen LogP contribution in [-0.2, 0) is 10.0 Å². The summed E-state index contributed by atoms with van der Waals surface area (Å²) in [4.78, 5) is 11.2. The Kier molecular flexibility index (Phi) is 8.65. The number of nitrogens with one attached hydrogen (secondary N) is 3. The van der Waals surface area contributed by atoms with Crippen molar-refractivity contribution in [3.8, 4) is 11.5 Å².